The zero-order valence-corrected chi connectivity index (χ0v) is 20.8. The quantitative estimate of drug-likeness (QED) is 0.231. The molecule has 178 valence electrons. The molecule has 0 aromatic heterocycles. The lowest BCUT2D eigenvalue weighted by atomic mass is 10.1. The number of carbonyl (C=O) groups excluding carboxylic acids is 2. The maximum atomic E-state index is 12.9. The molecular weight excluding hydrogens is 563 g/mol. The molecule has 0 aliphatic carbocycles. The van der Waals surface area contributed by atoms with E-state index in [1.165, 1.54) is 17.2 Å². The molecule has 2 N–H and O–H groups in total. The number of para-hydroxylation sites is 1. The molecule has 0 unspecified atom stereocenters. The maximum Gasteiger partial charge on any atom is 0.335 e. The predicted octanol–water partition coefficient (Wildman–Crippen LogP) is 4.43. The van der Waals surface area contributed by atoms with Crippen LogP contribution >= 0.6 is 22.6 Å². The van der Waals surface area contributed by atoms with Crippen LogP contribution < -0.4 is 19.9 Å². The highest BCUT2D eigenvalue weighted by Gasteiger charge is 2.34. The Balaban J connectivity index is 1.60. The van der Waals surface area contributed by atoms with Gasteiger partial charge in [0.2, 0.25) is 0 Å². The number of aromatic carboxylic acids is 1. The first-order valence-electron chi connectivity index (χ1n) is 10.7. The molecule has 1 saturated heterocycles. The monoisotopic (exact) mass is 584 g/mol. The van der Waals surface area contributed by atoms with Crippen molar-refractivity contribution in [2.24, 2.45) is 0 Å². The molecule has 4 rings (SSSR count). The molecule has 0 radical (unpaired) electrons. The number of nitrogens with zero attached hydrogens (tertiary/aromatic N) is 1. The van der Waals surface area contributed by atoms with Crippen LogP contribution in [0.1, 0.15) is 28.4 Å². The Morgan fingerprint density at radius 1 is 1.06 bits per heavy atom. The summed E-state index contributed by atoms with van der Waals surface area (Å²) < 4.78 is 12.5. The van der Waals surface area contributed by atoms with Gasteiger partial charge in [-0.15, -0.1) is 0 Å². The first-order valence-corrected chi connectivity index (χ1v) is 11.8. The number of nitrogens with one attached hydrogen (secondary N) is 1. The number of carbonyl (C=O) groups is 3. The van der Waals surface area contributed by atoms with Gasteiger partial charge in [0.1, 0.15) is 12.2 Å². The highest BCUT2D eigenvalue weighted by atomic mass is 127. The van der Waals surface area contributed by atoms with Crippen LogP contribution in [0.5, 0.6) is 11.5 Å². The Morgan fingerprint density at radius 3 is 2.54 bits per heavy atom. The number of ether oxygens (including phenoxy) is 2. The molecule has 1 aliphatic heterocycles. The SMILES string of the molecule is CCOc1cc(/C=C2/C(=O)NN(c3ccccc3)C2=O)cc(I)c1OCc1cccc(C(=O)O)c1. The fourth-order valence-electron chi connectivity index (χ4n) is 3.51. The first kappa shape index (κ1) is 24.3. The Hall–Kier alpha value is -3.86. The number of hydrazine groups is 1. The number of halogens is 1. The van der Waals surface area contributed by atoms with Crippen LogP contribution in [-0.4, -0.2) is 29.5 Å². The minimum Gasteiger partial charge on any atom is -0.490 e. The second-order valence-corrected chi connectivity index (χ2v) is 8.69. The molecule has 3 aromatic carbocycles. The predicted molar refractivity (Wildman–Crippen MR) is 138 cm³/mol. The van der Waals surface area contributed by atoms with Gasteiger partial charge >= 0.3 is 5.97 Å². The molecule has 1 heterocycles. The molecule has 1 aliphatic rings. The lowest BCUT2D eigenvalue weighted by molar-refractivity contribution is -0.117. The molecule has 0 saturated carbocycles. The summed E-state index contributed by atoms with van der Waals surface area (Å²) in [6.07, 6.45) is 1.52. The van der Waals surface area contributed by atoms with Crippen molar-refractivity contribution in [2.75, 3.05) is 11.6 Å². The van der Waals surface area contributed by atoms with Crippen LogP contribution in [0.3, 0.4) is 0 Å². The summed E-state index contributed by atoms with van der Waals surface area (Å²) in [5, 5.41) is 10.4. The van der Waals surface area contributed by atoms with Crippen molar-refractivity contribution in [1.82, 2.24) is 5.43 Å². The van der Waals surface area contributed by atoms with Crippen LogP contribution in [0.2, 0.25) is 0 Å². The summed E-state index contributed by atoms with van der Waals surface area (Å²) in [6.45, 7) is 2.36. The van der Waals surface area contributed by atoms with Crippen molar-refractivity contribution in [3.05, 3.63) is 92.6 Å². The molecule has 9 heteroatoms. The summed E-state index contributed by atoms with van der Waals surface area (Å²) in [7, 11) is 0. The summed E-state index contributed by atoms with van der Waals surface area (Å²) in [5.41, 5.74) is 4.63. The van der Waals surface area contributed by atoms with Gasteiger partial charge in [0.05, 0.1) is 21.4 Å². The smallest absolute Gasteiger partial charge is 0.335 e. The zero-order valence-electron chi connectivity index (χ0n) is 18.7. The fourth-order valence-corrected chi connectivity index (χ4v) is 4.29. The third-order valence-electron chi connectivity index (χ3n) is 5.11. The minimum atomic E-state index is -1.01. The summed E-state index contributed by atoms with van der Waals surface area (Å²) in [4.78, 5) is 36.6. The van der Waals surface area contributed by atoms with Crippen molar-refractivity contribution in [1.29, 1.82) is 0 Å². The van der Waals surface area contributed by atoms with Gasteiger partial charge in [-0.05, 0) is 83.1 Å². The van der Waals surface area contributed by atoms with Gasteiger partial charge in [0, 0.05) is 0 Å². The van der Waals surface area contributed by atoms with E-state index in [4.69, 9.17) is 9.47 Å². The highest BCUT2D eigenvalue weighted by molar-refractivity contribution is 14.1. The van der Waals surface area contributed by atoms with Crippen molar-refractivity contribution in [3.63, 3.8) is 0 Å². The average molecular weight is 584 g/mol. The van der Waals surface area contributed by atoms with Crippen LogP contribution in [0.4, 0.5) is 5.69 Å². The van der Waals surface area contributed by atoms with Crippen LogP contribution in [0.15, 0.2) is 72.3 Å². The van der Waals surface area contributed by atoms with Gasteiger partial charge in [-0.25, -0.2) is 9.80 Å². The maximum absolute atomic E-state index is 12.9. The van der Waals surface area contributed by atoms with E-state index in [-0.39, 0.29) is 17.7 Å². The van der Waals surface area contributed by atoms with Gasteiger partial charge < -0.3 is 14.6 Å². The standard InChI is InChI=1S/C26H21IN2O6/c1-2-34-22-14-17(12-20-24(30)28-29(25(20)31)19-9-4-3-5-10-19)13-21(27)23(22)35-15-16-7-6-8-18(11-16)26(32)33/h3-14H,2,15H2,1H3,(H,28,30)(H,32,33)/b20-12-. The normalized spacial score (nSPS) is 14.2. The fraction of sp³-hybridized carbons (Fsp3) is 0.115. The van der Waals surface area contributed by atoms with Gasteiger partial charge in [-0.2, -0.15) is 0 Å². The molecule has 1 fully saturated rings. The van der Waals surface area contributed by atoms with Gasteiger partial charge in [-0.3, -0.25) is 15.0 Å². The second-order valence-electron chi connectivity index (χ2n) is 7.53. The third kappa shape index (κ3) is 5.46. The summed E-state index contributed by atoms with van der Waals surface area (Å²) in [5.74, 6) is -1.02. The van der Waals surface area contributed by atoms with Crippen LogP contribution in [0.25, 0.3) is 6.08 Å². The molecule has 8 nitrogen and oxygen atoms in total. The number of hydrogen-bond acceptors (Lipinski definition) is 5. The van der Waals surface area contributed by atoms with E-state index in [2.05, 4.69) is 28.0 Å². The number of anilines is 1. The number of carboxylic acids is 1. The lowest BCUT2D eigenvalue weighted by Gasteiger charge is -2.15. The van der Waals surface area contributed by atoms with Crippen molar-refractivity contribution < 1.29 is 29.0 Å². The Kier molecular flexibility index (Phi) is 7.35. The number of carboxylic acid groups (broad SMARTS) is 1. The zero-order chi connectivity index (χ0) is 24.9. The van der Waals surface area contributed by atoms with Crippen molar-refractivity contribution in [3.8, 4) is 11.5 Å². The minimum absolute atomic E-state index is 0.00579. The summed E-state index contributed by atoms with van der Waals surface area (Å²) >= 11 is 2.10. The van der Waals surface area contributed by atoms with Crippen molar-refractivity contribution >= 4 is 52.1 Å². The molecular formula is C26H21IN2O6. The Morgan fingerprint density at radius 2 is 1.83 bits per heavy atom. The lowest BCUT2D eigenvalue weighted by Crippen LogP contribution is -2.35. The second kappa shape index (κ2) is 10.6. The van der Waals surface area contributed by atoms with Crippen LogP contribution in [-0.2, 0) is 16.2 Å². The molecule has 0 bridgehead atoms. The number of benzene rings is 3. The molecule has 35 heavy (non-hydrogen) atoms. The number of rotatable bonds is 8. The molecule has 0 spiro atoms. The van der Waals surface area contributed by atoms with E-state index in [1.54, 1.807) is 54.6 Å². The van der Waals surface area contributed by atoms with Crippen molar-refractivity contribution in [2.45, 2.75) is 13.5 Å². The molecule has 2 amide bonds. The Bertz CT molecular complexity index is 1320. The van der Waals surface area contributed by atoms with E-state index in [1.807, 2.05) is 13.0 Å². The first-order chi connectivity index (χ1) is 16.9. The van der Waals surface area contributed by atoms with E-state index in [0.717, 1.165) is 0 Å². The largest absolute Gasteiger partial charge is 0.490 e. The Labute approximate surface area is 215 Å². The van der Waals surface area contributed by atoms with Gasteiger partial charge in [0.25, 0.3) is 11.8 Å². The van der Waals surface area contributed by atoms with E-state index < -0.39 is 17.8 Å². The average Bonchev–Trinajstić information content (AvgIpc) is 3.13. The van der Waals surface area contributed by atoms with Gasteiger partial charge in [0.15, 0.2) is 11.5 Å². The van der Waals surface area contributed by atoms with Crippen LogP contribution in [0, 0.1) is 3.57 Å². The third-order valence-corrected chi connectivity index (χ3v) is 5.91. The molecule has 3 aromatic rings. The van der Waals surface area contributed by atoms with Gasteiger partial charge in [-0.1, -0.05) is 30.3 Å². The summed E-state index contributed by atoms with van der Waals surface area (Å²) in [6, 6.07) is 18.8. The topological polar surface area (TPSA) is 105 Å². The number of hydrogen-bond donors (Lipinski definition) is 2. The van der Waals surface area contributed by atoms with E-state index in [9.17, 15) is 19.5 Å². The number of amides is 2. The highest BCUT2D eigenvalue weighted by Crippen LogP contribution is 2.36. The van der Waals surface area contributed by atoms with E-state index in [0.29, 0.717) is 38.5 Å². The van der Waals surface area contributed by atoms with E-state index >= 15 is 0 Å². The molecule has 0 atom stereocenters.